The van der Waals surface area contributed by atoms with Crippen LogP contribution in [0.25, 0.3) is 0 Å². The van der Waals surface area contributed by atoms with Crippen LogP contribution in [0.2, 0.25) is 0 Å². The zero-order valence-electron chi connectivity index (χ0n) is 9.38. The van der Waals surface area contributed by atoms with Crippen molar-refractivity contribution in [2.24, 2.45) is 11.8 Å². The Labute approximate surface area is 86.2 Å². The lowest BCUT2D eigenvalue weighted by Gasteiger charge is -2.17. The smallest absolute Gasteiger partial charge is 0.140 e. The maximum absolute atomic E-state index is 11.8. The number of rotatable bonds is 5. The van der Waals surface area contributed by atoms with Crippen molar-refractivity contribution >= 4 is 5.78 Å². The molecule has 0 amide bonds. The van der Waals surface area contributed by atoms with Crippen molar-refractivity contribution < 1.29 is 9.53 Å². The van der Waals surface area contributed by atoms with Crippen LogP contribution in [0.15, 0.2) is 0 Å². The van der Waals surface area contributed by atoms with Crippen molar-refractivity contribution in [3.8, 4) is 0 Å². The Kier molecular flexibility index (Phi) is 4.55. The topological polar surface area (TPSA) is 38.3 Å². The molecule has 1 N–H and O–H groups in total. The molecular formula is C11H21NO2. The van der Waals surface area contributed by atoms with E-state index < -0.39 is 0 Å². The number of hydrogen-bond donors (Lipinski definition) is 1. The quantitative estimate of drug-likeness (QED) is 0.723. The second-order valence-corrected chi connectivity index (χ2v) is 4.37. The summed E-state index contributed by atoms with van der Waals surface area (Å²) in [6.45, 7) is 8.40. The van der Waals surface area contributed by atoms with Gasteiger partial charge in [0.05, 0.1) is 19.1 Å². The Hall–Kier alpha value is -0.410. The molecule has 0 aromatic rings. The van der Waals surface area contributed by atoms with Crippen LogP contribution < -0.4 is 5.32 Å². The minimum atomic E-state index is 0.0809. The van der Waals surface area contributed by atoms with E-state index in [2.05, 4.69) is 26.1 Å². The summed E-state index contributed by atoms with van der Waals surface area (Å²) in [6.07, 6.45) is 0.677. The summed E-state index contributed by atoms with van der Waals surface area (Å²) in [6, 6.07) is 0.242. The molecule has 3 nitrogen and oxygen atoms in total. The Bertz CT molecular complexity index is 192. The van der Waals surface area contributed by atoms with Crippen molar-refractivity contribution in [3.63, 3.8) is 0 Å². The average Bonchev–Trinajstić information content (AvgIpc) is 2.51. The maximum atomic E-state index is 11.8. The molecule has 82 valence electrons. The van der Waals surface area contributed by atoms with Crippen LogP contribution in [-0.4, -0.2) is 31.6 Å². The highest BCUT2D eigenvalue weighted by molar-refractivity contribution is 5.82. The van der Waals surface area contributed by atoms with E-state index in [0.29, 0.717) is 31.3 Å². The van der Waals surface area contributed by atoms with E-state index in [9.17, 15) is 4.79 Å². The SMILES string of the molecule is CCNC1COCC1C(=O)CC(C)C. The largest absolute Gasteiger partial charge is 0.379 e. The molecule has 1 fully saturated rings. The van der Waals surface area contributed by atoms with Crippen molar-refractivity contribution in [3.05, 3.63) is 0 Å². The Balaban J connectivity index is 2.44. The van der Waals surface area contributed by atoms with Gasteiger partial charge in [-0.3, -0.25) is 4.79 Å². The average molecular weight is 199 g/mol. The number of carbonyl (C=O) groups excluding carboxylic acids is 1. The first-order chi connectivity index (χ1) is 6.65. The molecule has 1 heterocycles. The minimum Gasteiger partial charge on any atom is -0.379 e. The molecule has 1 rings (SSSR count). The van der Waals surface area contributed by atoms with Gasteiger partial charge in [-0.15, -0.1) is 0 Å². The highest BCUT2D eigenvalue weighted by atomic mass is 16.5. The normalized spacial score (nSPS) is 27.1. The second kappa shape index (κ2) is 5.47. The van der Waals surface area contributed by atoms with Crippen molar-refractivity contribution in [2.45, 2.75) is 33.2 Å². The fourth-order valence-electron chi connectivity index (χ4n) is 1.89. The van der Waals surface area contributed by atoms with Gasteiger partial charge in [0.15, 0.2) is 0 Å². The number of nitrogens with one attached hydrogen (secondary N) is 1. The molecule has 2 unspecified atom stereocenters. The van der Waals surface area contributed by atoms with Gasteiger partial charge in [-0.05, 0) is 12.5 Å². The predicted molar refractivity (Wildman–Crippen MR) is 56.2 cm³/mol. The number of ether oxygens (including phenoxy) is 1. The van der Waals surface area contributed by atoms with Gasteiger partial charge in [0.25, 0.3) is 0 Å². The molecule has 1 aliphatic heterocycles. The highest BCUT2D eigenvalue weighted by Gasteiger charge is 2.32. The minimum absolute atomic E-state index is 0.0809. The molecule has 1 saturated heterocycles. The van der Waals surface area contributed by atoms with Crippen LogP contribution in [0, 0.1) is 11.8 Å². The molecular weight excluding hydrogens is 178 g/mol. The Morgan fingerprint density at radius 1 is 1.50 bits per heavy atom. The third-order valence-corrected chi connectivity index (χ3v) is 2.57. The molecule has 0 aromatic carbocycles. The second-order valence-electron chi connectivity index (χ2n) is 4.37. The van der Waals surface area contributed by atoms with Gasteiger partial charge < -0.3 is 10.1 Å². The summed E-state index contributed by atoms with van der Waals surface area (Å²) >= 11 is 0. The summed E-state index contributed by atoms with van der Waals surface area (Å²) in [5, 5.41) is 3.30. The maximum Gasteiger partial charge on any atom is 0.140 e. The summed E-state index contributed by atoms with van der Waals surface area (Å²) < 4.78 is 5.34. The van der Waals surface area contributed by atoms with Crippen molar-refractivity contribution in [2.75, 3.05) is 19.8 Å². The lowest BCUT2D eigenvalue weighted by atomic mass is 9.92. The standard InChI is InChI=1S/C11H21NO2/c1-4-12-10-7-14-6-9(10)11(13)5-8(2)3/h8-10,12H,4-7H2,1-3H3. The molecule has 1 aliphatic rings. The van der Waals surface area contributed by atoms with E-state index in [0.717, 1.165) is 6.54 Å². The van der Waals surface area contributed by atoms with Gasteiger partial charge in [0.2, 0.25) is 0 Å². The lowest BCUT2D eigenvalue weighted by molar-refractivity contribution is -0.124. The summed E-state index contributed by atoms with van der Waals surface area (Å²) in [5.74, 6) is 0.881. The number of likely N-dealkylation sites (N-methyl/N-ethyl adjacent to an activating group) is 1. The van der Waals surface area contributed by atoms with E-state index in [1.54, 1.807) is 0 Å². The fraction of sp³-hybridized carbons (Fsp3) is 0.909. The van der Waals surface area contributed by atoms with E-state index in [1.807, 2.05) is 0 Å². The zero-order valence-corrected chi connectivity index (χ0v) is 9.38. The molecule has 2 atom stereocenters. The van der Waals surface area contributed by atoms with Gasteiger partial charge in [-0.25, -0.2) is 0 Å². The third-order valence-electron chi connectivity index (χ3n) is 2.57. The highest BCUT2D eigenvalue weighted by Crippen LogP contribution is 2.18. The van der Waals surface area contributed by atoms with E-state index in [-0.39, 0.29) is 12.0 Å². The van der Waals surface area contributed by atoms with E-state index >= 15 is 0 Å². The lowest BCUT2D eigenvalue weighted by Crippen LogP contribution is -2.39. The summed E-state index contributed by atoms with van der Waals surface area (Å²) in [4.78, 5) is 11.8. The first-order valence-corrected chi connectivity index (χ1v) is 5.49. The molecule has 0 bridgehead atoms. The number of Topliss-reactive ketones (excluding diaryl/α,β-unsaturated/α-hetero) is 1. The molecule has 14 heavy (non-hydrogen) atoms. The Morgan fingerprint density at radius 2 is 2.21 bits per heavy atom. The first-order valence-electron chi connectivity index (χ1n) is 5.49. The van der Waals surface area contributed by atoms with E-state index in [4.69, 9.17) is 4.74 Å². The molecule has 0 spiro atoms. The van der Waals surface area contributed by atoms with Gasteiger partial charge >= 0.3 is 0 Å². The molecule has 0 aliphatic carbocycles. The Morgan fingerprint density at radius 3 is 2.79 bits per heavy atom. The number of ketones is 1. The fourth-order valence-corrected chi connectivity index (χ4v) is 1.89. The van der Waals surface area contributed by atoms with Crippen LogP contribution in [0.4, 0.5) is 0 Å². The number of hydrogen-bond acceptors (Lipinski definition) is 3. The van der Waals surface area contributed by atoms with Gasteiger partial charge in [0.1, 0.15) is 5.78 Å². The summed E-state index contributed by atoms with van der Waals surface area (Å²) in [7, 11) is 0. The molecule has 0 saturated carbocycles. The van der Waals surface area contributed by atoms with Crippen molar-refractivity contribution in [1.29, 1.82) is 0 Å². The number of carbonyl (C=O) groups is 1. The van der Waals surface area contributed by atoms with Gasteiger partial charge in [-0.2, -0.15) is 0 Å². The van der Waals surface area contributed by atoms with Crippen molar-refractivity contribution in [1.82, 2.24) is 5.32 Å². The van der Waals surface area contributed by atoms with Crippen LogP contribution in [-0.2, 0) is 9.53 Å². The molecule has 0 radical (unpaired) electrons. The van der Waals surface area contributed by atoms with Gasteiger partial charge in [-0.1, -0.05) is 20.8 Å². The molecule has 3 heteroatoms. The summed E-state index contributed by atoms with van der Waals surface area (Å²) in [5.41, 5.74) is 0. The monoisotopic (exact) mass is 199 g/mol. The predicted octanol–water partition coefficient (Wildman–Crippen LogP) is 1.23. The molecule has 0 aromatic heterocycles. The van der Waals surface area contributed by atoms with Crippen LogP contribution in [0.3, 0.4) is 0 Å². The van der Waals surface area contributed by atoms with E-state index in [1.165, 1.54) is 0 Å². The van der Waals surface area contributed by atoms with Crippen LogP contribution >= 0.6 is 0 Å². The van der Waals surface area contributed by atoms with Crippen LogP contribution in [0.5, 0.6) is 0 Å². The van der Waals surface area contributed by atoms with Gasteiger partial charge in [0, 0.05) is 12.5 Å². The third kappa shape index (κ3) is 3.07. The first kappa shape index (κ1) is 11.7. The van der Waals surface area contributed by atoms with Crippen LogP contribution in [0.1, 0.15) is 27.2 Å². The zero-order chi connectivity index (χ0) is 10.6.